The number of nitrogens with zero attached hydrogens (tertiary/aromatic N) is 3. The van der Waals surface area contributed by atoms with Gasteiger partial charge in [-0.2, -0.15) is 18.2 Å². The van der Waals surface area contributed by atoms with E-state index in [0.29, 0.717) is 12.4 Å². The van der Waals surface area contributed by atoms with Crippen molar-refractivity contribution in [3.8, 4) is 0 Å². The number of aromatic nitrogens is 3. The van der Waals surface area contributed by atoms with Gasteiger partial charge in [0.15, 0.2) is 0 Å². The molecule has 0 aliphatic heterocycles. The summed E-state index contributed by atoms with van der Waals surface area (Å²) in [5.41, 5.74) is 0.510. The number of anilines is 3. The van der Waals surface area contributed by atoms with Gasteiger partial charge in [-0.05, 0) is 35.9 Å². The molecule has 1 aromatic carbocycles. The van der Waals surface area contributed by atoms with E-state index in [-0.39, 0.29) is 11.6 Å². The second-order valence-electron chi connectivity index (χ2n) is 5.18. The number of hydrogen-bond acceptors (Lipinski definition) is 5. The Morgan fingerprint density at radius 3 is 2.64 bits per heavy atom. The molecule has 2 aromatic heterocycles. The molecule has 3 rings (SSSR count). The van der Waals surface area contributed by atoms with E-state index < -0.39 is 11.7 Å². The van der Waals surface area contributed by atoms with Gasteiger partial charge in [-0.15, -0.1) is 0 Å². The molecule has 128 valence electrons. The van der Waals surface area contributed by atoms with E-state index in [9.17, 15) is 13.2 Å². The summed E-state index contributed by atoms with van der Waals surface area (Å²) in [4.78, 5) is 12.3. The van der Waals surface area contributed by atoms with E-state index in [1.165, 1.54) is 18.3 Å². The monoisotopic (exact) mass is 345 g/mol. The van der Waals surface area contributed by atoms with Gasteiger partial charge in [-0.25, -0.2) is 4.98 Å². The topological polar surface area (TPSA) is 62.7 Å². The zero-order chi connectivity index (χ0) is 17.7. The number of halogens is 3. The third kappa shape index (κ3) is 4.66. The second-order valence-corrected chi connectivity index (χ2v) is 5.18. The minimum absolute atomic E-state index is 0.204. The molecule has 0 bridgehead atoms. The zero-order valence-electron chi connectivity index (χ0n) is 13.0. The van der Waals surface area contributed by atoms with Gasteiger partial charge in [0.2, 0.25) is 5.95 Å². The third-order valence-electron chi connectivity index (χ3n) is 3.30. The molecule has 0 aliphatic rings. The van der Waals surface area contributed by atoms with Crippen LogP contribution in [0.25, 0.3) is 0 Å². The van der Waals surface area contributed by atoms with Crippen LogP contribution >= 0.6 is 0 Å². The number of alkyl halides is 3. The molecule has 2 heterocycles. The lowest BCUT2D eigenvalue weighted by atomic mass is 10.2. The zero-order valence-corrected chi connectivity index (χ0v) is 13.0. The SMILES string of the molecule is FC(F)(F)c1cccc(Nc2nccc(NCc3cccnc3)n2)c1. The first-order chi connectivity index (χ1) is 12.0. The molecule has 0 unspecified atom stereocenters. The molecule has 0 radical (unpaired) electrons. The van der Waals surface area contributed by atoms with E-state index in [1.54, 1.807) is 18.5 Å². The molecule has 8 heteroatoms. The number of rotatable bonds is 5. The van der Waals surface area contributed by atoms with Crippen molar-refractivity contribution >= 4 is 17.5 Å². The molecular formula is C17H14F3N5. The van der Waals surface area contributed by atoms with E-state index in [2.05, 4.69) is 25.6 Å². The van der Waals surface area contributed by atoms with Gasteiger partial charge >= 0.3 is 6.18 Å². The van der Waals surface area contributed by atoms with Gasteiger partial charge in [0.1, 0.15) is 5.82 Å². The number of nitrogens with one attached hydrogen (secondary N) is 2. The van der Waals surface area contributed by atoms with Crippen LogP contribution in [0.2, 0.25) is 0 Å². The van der Waals surface area contributed by atoms with Gasteiger partial charge in [-0.3, -0.25) is 4.98 Å². The lowest BCUT2D eigenvalue weighted by Crippen LogP contribution is -2.06. The summed E-state index contributed by atoms with van der Waals surface area (Å²) in [5.74, 6) is 0.754. The first-order valence-corrected chi connectivity index (χ1v) is 7.41. The molecule has 2 N–H and O–H groups in total. The van der Waals surface area contributed by atoms with Gasteiger partial charge < -0.3 is 10.6 Å². The highest BCUT2D eigenvalue weighted by atomic mass is 19.4. The Morgan fingerprint density at radius 1 is 1.00 bits per heavy atom. The minimum atomic E-state index is -4.40. The van der Waals surface area contributed by atoms with Crippen LogP contribution in [0.1, 0.15) is 11.1 Å². The predicted octanol–water partition coefficient (Wildman–Crippen LogP) is 4.25. The molecule has 0 amide bonds. The maximum absolute atomic E-state index is 12.8. The summed E-state index contributed by atoms with van der Waals surface area (Å²) in [6, 6.07) is 10.3. The van der Waals surface area contributed by atoms with E-state index in [0.717, 1.165) is 17.7 Å². The number of hydrogen-bond donors (Lipinski definition) is 2. The highest BCUT2D eigenvalue weighted by Gasteiger charge is 2.30. The highest BCUT2D eigenvalue weighted by molar-refractivity contribution is 5.56. The fourth-order valence-corrected chi connectivity index (χ4v) is 2.12. The van der Waals surface area contributed by atoms with Crippen molar-refractivity contribution < 1.29 is 13.2 Å². The predicted molar refractivity (Wildman–Crippen MR) is 88.3 cm³/mol. The van der Waals surface area contributed by atoms with Crippen molar-refractivity contribution in [2.75, 3.05) is 10.6 Å². The van der Waals surface area contributed by atoms with Gasteiger partial charge in [0, 0.05) is 30.8 Å². The van der Waals surface area contributed by atoms with Gasteiger partial charge in [0.05, 0.1) is 5.56 Å². The molecule has 0 saturated carbocycles. The van der Waals surface area contributed by atoms with Crippen LogP contribution in [0.5, 0.6) is 0 Å². The van der Waals surface area contributed by atoms with Crippen LogP contribution in [0.3, 0.4) is 0 Å². The Balaban J connectivity index is 1.69. The summed E-state index contributed by atoms with van der Waals surface area (Å²) in [5, 5.41) is 5.89. The molecule has 5 nitrogen and oxygen atoms in total. The Kier molecular flexibility index (Phi) is 4.78. The average Bonchev–Trinajstić information content (AvgIpc) is 2.61. The Bertz CT molecular complexity index is 837. The first kappa shape index (κ1) is 16.7. The summed E-state index contributed by atoms with van der Waals surface area (Å²) in [7, 11) is 0. The summed E-state index contributed by atoms with van der Waals surface area (Å²) >= 11 is 0. The second kappa shape index (κ2) is 7.16. The smallest absolute Gasteiger partial charge is 0.366 e. The maximum atomic E-state index is 12.8. The first-order valence-electron chi connectivity index (χ1n) is 7.41. The lowest BCUT2D eigenvalue weighted by molar-refractivity contribution is -0.137. The van der Waals surface area contributed by atoms with Crippen LogP contribution in [0.4, 0.5) is 30.6 Å². The Hall–Kier alpha value is -3.16. The number of pyridine rings is 1. The van der Waals surface area contributed by atoms with E-state index in [1.807, 2.05) is 12.1 Å². The van der Waals surface area contributed by atoms with Gasteiger partial charge in [-0.1, -0.05) is 12.1 Å². The maximum Gasteiger partial charge on any atom is 0.416 e. The van der Waals surface area contributed by atoms with Crippen LogP contribution in [0.15, 0.2) is 61.1 Å². The summed E-state index contributed by atoms with van der Waals surface area (Å²) in [6.45, 7) is 0.522. The van der Waals surface area contributed by atoms with E-state index in [4.69, 9.17) is 0 Å². The normalized spacial score (nSPS) is 11.2. The number of benzene rings is 1. The largest absolute Gasteiger partial charge is 0.416 e. The fourth-order valence-electron chi connectivity index (χ4n) is 2.12. The minimum Gasteiger partial charge on any atom is -0.366 e. The molecule has 3 aromatic rings. The van der Waals surface area contributed by atoms with Crippen molar-refractivity contribution in [1.29, 1.82) is 0 Å². The van der Waals surface area contributed by atoms with Crippen molar-refractivity contribution in [3.63, 3.8) is 0 Å². The van der Waals surface area contributed by atoms with Crippen LogP contribution in [0, 0.1) is 0 Å². The van der Waals surface area contributed by atoms with Gasteiger partial charge in [0.25, 0.3) is 0 Å². The summed E-state index contributed by atoms with van der Waals surface area (Å²) < 4.78 is 38.3. The quantitative estimate of drug-likeness (QED) is 0.724. The fraction of sp³-hybridized carbons (Fsp3) is 0.118. The molecule has 0 atom stereocenters. The highest BCUT2D eigenvalue weighted by Crippen LogP contribution is 2.31. The third-order valence-corrected chi connectivity index (χ3v) is 3.30. The molecule has 0 fully saturated rings. The van der Waals surface area contributed by atoms with Crippen molar-refractivity contribution in [3.05, 3.63) is 72.2 Å². The molecule has 0 spiro atoms. The Labute approximate surface area is 142 Å². The lowest BCUT2D eigenvalue weighted by Gasteiger charge is -2.11. The van der Waals surface area contributed by atoms with Crippen molar-refractivity contribution in [1.82, 2.24) is 15.0 Å². The van der Waals surface area contributed by atoms with E-state index >= 15 is 0 Å². The summed E-state index contributed by atoms with van der Waals surface area (Å²) in [6.07, 6.45) is 0.543. The van der Waals surface area contributed by atoms with Crippen LogP contribution < -0.4 is 10.6 Å². The molecule has 25 heavy (non-hydrogen) atoms. The standard InChI is InChI=1S/C17H14F3N5/c18-17(19,20)13-4-1-5-14(9-13)24-16-22-8-6-15(25-16)23-11-12-3-2-7-21-10-12/h1-10H,11H2,(H2,22,23,24,25). The molecular weight excluding hydrogens is 331 g/mol. The average molecular weight is 345 g/mol. The molecule has 0 aliphatic carbocycles. The van der Waals surface area contributed by atoms with Crippen molar-refractivity contribution in [2.24, 2.45) is 0 Å². The van der Waals surface area contributed by atoms with Crippen molar-refractivity contribution in [2.45, 2.75) is 12.7 Å². The van der Waals surface area contributed by atoms with Crippen LogP contribution in [-0.4, -0.2) is 15.0 Å². The molecule has 0 saturated heterocycles. The Morgan fingerprint density at radius 2 is 1.88 bits per heavy atom. The van der Waals surface area contributed by atoms with Crippen LogP contribution in [-0.2, 0) is 12.7 Å².